The van der Waals surface area contributed by atoms with Crippen LogP contribution in [0, 0.1) is 13.8 Å². The van der Waals surface area contributed by atoms with E-state index in [1.165, 1.54) is 0 Å². The average Bonchev–Trinajstić information content (AvgIpc) is 3.05. The molecule has 6 heteroatoms. The Balaban J connectivity index is 1.98. The van der Waals surface area contributed by atoms with Crippen molar-refractivity contribution >= 4 is 11.2 Å². The molecule has 4 rings (SSSR count). The van der Waals surface area contributed by atoms with Gasteiger partial charge in [0.25, 0.3) is 0 Å². The summed E-state index contributed by atoms with van der Waals surface area (Å²) in [6, 6.07) is 16.4. The lowest BCUT2D eigenvalue weighted by atomic mass is 10.0. The molecular weight excluding hydrogens is 351 g/mol. The van der Waals surface area contributed by atoms with Crippen LogP contribution in [0.1, 0.15) is 16.8 Å². The minimum atomic E-state index is -4.48. The Hall–Kier alpha value is -3.15. The lowest BCUT2D eigenvalue weighted by Crippen LogP contribution is -2.04. The van der Waals surface area contributed by atoms with Crippen LogP contribution in [0.2, 0.25) is 0 Å². The normalized spacial score (nSPS) is 11.9. The first-order valence-electron chi connectivity index (χ1n) is 8.43. The fourth-order valence-electron chi connectivity index (χ4n) is 2.92. The molecule has 0 aliphatic carbocycles. The summed E-state index contributed by atoms with van der Waals surface area (Å²) in [4.78, 5) is 11.4. The molecule has 2 heterocycles. The lowest BCUT2D eigenvalue weighted by molar-refractivity contribution is -0.140. The predicted molar refractivity (Wildman–Crippen MR) is 99.2 cm³/mol. The molecule has 27 heavy (non-hydrogen) atoms. The molecule has 0 unspecified atom stereocenters. The summed E-state index contributed by atoms with van der Waals surface area (Å²) in [5.74, 6) is 0. The van der Waals surface area contributed by atoms with Gasteiger partial charge in [-0.15, -0.1) is 0 Å². The Labute approximate surface area is 153 Å². The van der Waals surface area contributed by atoms with E-state index in [1.807, 2.05) is 62.4 Å². The van der Waals surface area contributed by atoms with Gasteiger partial charge < -0.3 is 4.98 Å². The molecule has 0 aliphatic rings. The van der Waals surface area contributed by atoms with Gasteiger partial charge in [-0.05, 0) is 19.9 Å². The maximum Gasteiger partial charge on any atom is 0.431 e. The van der Waals surface area contributed by atoms with Gasteiger partial charge in [-0.2, -0.15) is 13.2 Å². The molecule has 0 atom stereocenters. The van der Waals surface area contributed by atoms with Gasteiger partial charge in [0.1, 0.15) is 11.2 Å². The number of aromatic nitrogens is 3. The number of nitrogens with zero attached hydrogens (tertiary/aromatic N) is 2. The van der Waals surface area contributed by atoms with E-state index >= 15 is 0 Å². The van der Waals surface area contributed by atoms with Crippen molar-refractivity contribution in [2.24, 2.45) is 0 Å². The highest BCUT2D eigenvalue weighted by atomic mass is 19.4. The molecule has 0 amide bonds. The first kappa shape index (κ1) is 17.3. The number of alkyl halides is 3. The van der Waals surface area contributed by atoms with Crippen molar-refractivity contribution in [2.75, 3.05) is 0 Å². The number of fused-ring (bicyclic) bond motifs is 1. The highest BCUT2D eigenvalue weighted by molar-refractivity contribution is 5.85. The highest BCUT2D eigenvalue weighted by Crippen LogP contribution is 2.34. The maximum atomic E-state index is 13.1. The van der Waals surface area contributed by atoms with Gasteiger partial charge in [-0.1, -0.05) is 59.7 Å². The van der Waals surface area contributed by atoms with Crippen LogP contribution in [0.25, 0.3) is 33.7 Å². The van der Waals surface area contributed by atoms with E-state index < -0.39 is 11.9 Å². The molecule has 2 aromatic carbocycles. The molecular formula is C21H16F3N3. The van der Waals surface area contributed by atoms with E-state index in [9.17, 15) is 13.2 Å². The molecule has 0 saturated carbocycles. The van der Waals surface area contributed by atoms with Crippen molar-refractivity contribution < 1.29 is 13.2 Å². The Morgan fingerprint density at radius 2 is 1.22 bits per heavy atom. The second kappa shape index (κ2) is 6.23. The van der Waals surface area contributed by atoms with E-state index in [-0.39, 0.29) is 11.2 Å². The Bertz CT molecular complexity index is 1030. The minimum Gasteiger partial charge on any atom is -0.334 e. The number of hydrogen-bond donors (Lipinski definition) is 1. The molecule has 0 radical (unpaired) electrons. The minimum absolute atomic E-state index is 0.119. The zero-order valence-electron chi connectivity index (χ0n) is 14.7. The number of benzene rings is 2. The van der Waals surface area contributed by atoms with Crippen molar-refractivity contribution in [3.8, 4) is 22.5 Å². The molecule has 0 saturated heterocycles. The quantitative estimate of drug-likeness (QED) is 0.477. The molecule has 1 N–H and O–H groups in total. The van der Waals surface area contributed by atoms with E-state index in [1.54, 1.807) is 0 Å². The third-order valence-electron chi connectivity index (χ3n) is 4.41. The third kappa shape index (κ3) is 3.30. The van der Waals surface area contributed by atoms with Crippen LogP contribution in [0.4, 0.5) is 13.2 Å². The third-order valence-corrected chi connectivity index (χ3v) is 4.41. The Morgan fingerprint density at radius 1 is 0.741 bits per heavy atom. The van der Waals surface area contributed by atoms with E-state index in [0.717, 1.165) is 28.3 Å². The van der Waals surface area contributed by atoms with Crippen molar-refractivity contribution in [2.45, 2.75) is 20.0 Å². The largest absolute Gasteiger partial charge is 0.431 e. The van der Waals surface area contributed by atoms with Crippen LogP contribution in [0.15, 0.2) is 54.6 Å². The fourth-order valence-corrected chi connectivity index (χ4v) is 2.92. The molecule has 4 aromatic rings. The molecule has 0 fully saturated rings. The zero-order valence-corrected chi connectivity index (χ0v) is 14.7. The second-order valence-electron chi connectivity index (χ2n) is 6.57. The van der Waals surface area contributed by atoms with Crippen LogP contribution in [-0.2, 0) is 6.18 Å². The van der Waals surface area contributed by atoms with E-state index in [2.05, 4.69) is 15.0 Å². The molecule has 0 bridgehead atoms. The van der Waals surface area contributed by atoms with Gasteiger partial charge in [-0.3, -0.25) is 0 Å². The number of nitrogens with one attached hydrogen (secondary N) is 1. The summed E-state index contributed by atoms with van der Waals surface area (Å²) >= 11 is 0. The van der Waals surface area contributed by atoms with Crippen molar-refractivity contribution in [1.82, 2.24) is 15.0 Å². The summed E-state index contributed by atoms with van der Waals surface area (Å²) in [7, 11) is 0. The van der Waals surface area contributed by atoms with Gasteiger partial charge in [0, 0.05) is 11.1 Å². The summed E-state index contributed by atoms with van der Waals surface area (Å²) in [5, 5.41) is 0. The second-order valence-corrected chi connectivity index (χ2v) is 6.57. The maximum absolute atomic E-state index is 13.1. The van der Waals surface area contributed by atoms with Crippen LogP contribution < -0.4 is 0 Å². The van der Waals surface area contributed by atoms with Crippen LogP contribution in [0.5, 0.6) is 0 Å². The van der Waals surface area contributed by atoms with Crippen LogP contribution in [-0.4, -0.2) is 15.0 Å². The zero-order chi connectivity index (χ0) is 19.2. The summed E-state index contributed by atoms with van der Waals surface area (Å²) in [5.41, 5.74) is 4.33. The monoisotopic (exact) mass is 367 g/mol. The number of hydrogen-bond acceptors (Lipinski definition) is 2. The molecule has 0 aliphatic heterocycles. The molecule has 2 aromatic heterocycles. The summed E-state index contributed by atoms with van der Waals surface area (Å²) < 4.78 is 39.2. The number of H-pyrrole nitrogens is 1. The highest BCUT2D eigenvalue weighted by Gasteiger charge is 2.33. The van der Waals surface area contributed by atoms with Gasteiger partial charge in [-0.25, -0.2) is 9.97 Å². The molecule has 136 valence electrons. The number of rotatable bonds is 2. The smallest absolute Gasteiger partial charge is 0.334 e. The molecule has 0 spiro atoms. The van der Waals surface area contributed by atoms with E-state index in [4.69, 9.17) is 0 Å². The number of halogens is 3. The van der Waals surface area contributed by atoms with Gasteiger partial charge in [0.15, 0.2) is 5.65 Å². The Morgan fingerprint density at radius 3 is 1.70 bits per heavy atom. The first-order chi connectivity index (χ1) is 12.8. The number of aromatic amines is 1. The summed E-state index contributed by atoms with van der Waals surface area (Å²) in [6.07, 6.45) is -4.48. The Kier molecular flexibility index (Phi) is 3.98. The van der Waals surface area contributed by atoms with Gasteiger partial charge in [0.05, 0.1) is 11.4 Å². The van der Waals surface area contributed by atoms with Crippen LogP contribution >= 0.6 is 0 Å². The van der Waals surface area contributed by atoms with E-state index in [0.29, 0.717) is 11.4 Å². The van der Waals surface area contributed by atoms with Gasteiger partial charge in [0.2, 0.25) is 0 Å². The van der Waals surface area contributed by atoms with Crippen molar-refractivity contribution in [1.29, 1.82) is 0 Å². The number of aryl methyl sites for hydroxylation is 2. The van der Waals surface area contributed by atoms with Crippen molar-refractivity contribution in [3.63, 3.8) is 0 Å². The molecule has 3 nitrogen and oxygen atoms in total. The first-order valence-corrected chi connectivity index (χ1v) is 8.43. The lowest BCUT2D eigenvalue weighted by Gasteiger charge is -2.09. The fraction of sp³-hybridized carbons (Fsp3) is 0.143. The SMILES string of the molecule is Cc1ccc(-c2nc3cc(C(F)(F)F)[nH]c3nc2-c2ccc(C)cc2)cc1. The topological polar surface area (TPSA) is 41.6 Å². The summed E-state index contributed by atoms with van der Waals surface area (Å²) in [6.45, 7) is 3.95. The predicted octanol–water partition coefficient (Wildman–Crippen LogP) is 5.93. The standard InChI is InChI=1S/C21H16F3N3/c1-12-3-7-14(8-4-12)18-19(15-9-5-13(2)6-10-15)27-20-16(25-18)11-17(26-20)21(22,23)24/h3-11H,1-2H3,(H,26,27). The van der Waals surface area contributed by atoms with Crippen LogP contribution in [0.3, 0.4) is 0 Å². The van der Waals surface area contributed by atoms with Gasteiger partial charge >= 0.3 is 6.18 Å². The average molecular weight is 367 g/mol. The van der Waals surface area contributed by atoms with Crippen molar-refractivity contribution in [3.05, 3.63) is 71.4 Å².